The van der Waals surface area contributed by atoms with E-state index >= 15 is 0 Å². The van der Waals surface area contributed by atoms with Gasteiger partial charge in [0.1, 0.15) is 0 Å². The van der Waals surface area contributed by atoms with E-state index in [4.69, 9.17) is 5.11 Å². The van der Waals surface area contributed by atoms with Gasteiger partial charge in [-0.1, -0.05) is 19.8 Å². The molecule has 1 aliphatic rings. The first-order valence-electron chi connectivity index (χ1n) is 4.05. The molecule has 1 N–H and O–H groups in total. The lowest BCUT2D eigenvalue weighted by atomic mass is 10.3. The summed E-state index contributed by atoms with van der Waals surface area (Å²) in [5.41, 5.74) is 0. The second kappa shape index (κ2) is 4.24. The van der Waals surface area contributed by atoms with Crippen LogP contribution in [0.3, 0.4) is 0 Å². The van der Waals surface area contributed by atoms with Crippen molar-refractivity contribution in [1.29, 1.82) is 0 Å². The molecule has 0 saturated heterocycles. The van der Waals surface area contributed by atoms with Crippen molar-refractivity contribution in [3.05, 3.63) is 0 Å². The van der Waals surface area contributed by atoms with Gasteiger partial charge in [-0.25, -0.2) is 0 Å². The number of hydrogen-bond acceptors (Lipinski definition) is 2. The van der Waals surface area contributed by atoms with Crippen LogP contribution in [0, 0.1) is 5.92 Å². The predicted molar refractivity (Wildman–Crippen MR) is 46.3 cm³/mol. The fourth-order valence-electron chi connectivity index (χ4n) is 0.895. The number of thioether (sulfide) groups is 1. The summed E-state index contributed by atoms with van der Waals surface area (Å²) in [6.07, 6.45) is 4.27. The van der Waals surface area contributed by atoms with E-state index in [0.717, 1.165) is 5.92 Å². The Bertz CT molecular complexity index is 91.3. The topological polar surface area (TPSA) is 20.2 Å². The molecule has 0 aromatic heterocycles. The highest BCUT2D eigenvalue weighted by Gasteiger charge is 2.20. The van der Waals surface area contributed by atoms with Gasteiger partial charge in [0, 0.05) is 5.25 Å². The number of rotatable bonds is 5. The second-order valence-electron chi connectivity index (χ2n) is 3.10. The van der Waals surface area contributed by atoms with E-state index in [9.17, 15) is 0 Å². The fourth-order valence-corrected chi connectivity index (χ4v) is 1.87. The molecule has 0 bridgehead atoms. The Kier molecular flexibility index (Phi) is 3.57. The molecule has 1 rings (SSSR count). The fraction of sp³-hybridized carbons (Fsp3) is 1.00. The molecule has 1 aliphatic carbocycles. The highest BCUT2D eigenvalue weighted by atomic mass is 32.2. The minimum Gasteiger partial charge on any atom is -0.395 e. The summed E-state index contributed by atoms with van der Waals surface area (Å²) in [6.45, 7) is 2.41. The zero-order valence-electron chi connectivity index (χ0n) is 6.55. The van der Waals surface area contributed by atoms with Gasteiger partial charge in [-0.3, -0.25) is 0 Å². The van der Waals surface area contributed by atoms with Gasteiger partial charge in [-0.05, 0) is 18.1 Å². The summed E-state index contributed by atoms with van der Waals surface area (Å²) in [4.78, 5) is 0. The molecule has 0 spiro atoms. The number of aliphatic hydroxyl groups excluding tert-OH is 1. The van der Waals surface area contributed by atoms with Crippen LogP contribution in [0.1, 0.15) is 26.2 Å². The smallest absolute Gasteiger partial charge is 0.0547 e. The van der Waals surface area contributed by atoms with Crippen molar-refractivity contribution in [3.8, 4) is 0 Å². The Hall–Kier alpha value is 0.310. The maximum atomic E-state index is 8.69. The Morgan fingerprint density at radius 1 is 1.60 bits per heavy atom. The minimum absolute atomic E-state index is 0.329. The summed E-state index contributed by atoms with van der Waals surface area (Å²) in [6, 6.07) is 0. The average Bonchev–Trinajstić information content (AvgIpc) is 2.71. The van der Waals surface area contributed by atoms with E-state index < -0.39 is 0 Å². The van der Waals surface area contributed by atoms with E-state index in [1.165, 1.54) is 25.0 Å². The van der Waals surface area contributed by atoms with Crippen molar-refractivity contribution in [1.82, 2.24) is 0 Å². The van der Waals surface area contributed by atoms with E-state index in [-0.39, 0.29) is 0 Å². The molecular weight excluding hydrogens is 144 g/mol. The Labute approximate surface area is 67.2 Å². The van der Waals surface area contributed by atoms with E-state index in [1.807, 2.05) is 11.8 Å². The molecule has 2 heteroatoms. The third-order valence-corrected chi connectivity index (χ3v) is 3.07. The summed E-state index contributed by atoms with van der Waals surface area (Å²) in [5, 5.41) is 9.14. The molecule has 1 saturated carbocycles. The third-order valence-electron chi connectivity index (χ3n) is 1.88. The maximum absolute atomic E-state index is 8.69. The quantitative estimate of drug-likeness (QED) is 0.663. The SMILES string of the molecule is CC(CO)SCCC1CC1. The molecule has 0 amide bonds. The molecule has 0 aliphatic heterocycles. The Morgan fingerprint density at radius 3 is 2.80 bits per heavy atom. The van der Waals surface area contributed by atoms with Crippen LogP contribution in [0.4, 0.5) is 0 Å². The summed E-state index contributed by atoms with van der Waals surface area (Å²) < 4.78 is 0. The molecule has 1 fully saturated rings. The van der Waals surface area contributed by atoms with Gasteiger partial charge in [0.25, 0.3) is 0 Å². The van der Waals surface area contributed by atoms with Crippen molar-refractivity contribution >= 4 is 11.8 Å². The summed E-state index contributed by atoms with van der Waals surface area (Å²) in [5.74, 6) is 2.28. The largest absolute Gasteiger partial charge is 0.395 e. The molecule has 0 radical (unpaired) electrons. The molecule has 0 heterocycles. The molecular formula is C8H16OS. The molecule has 0 aromatic rings. The molecule has 10 heavy (non-hydrogen) atoms. The summed E-state index contributed by atoms with van der Waals surface area (Å²) >= 11 is 1.89. The van der Waals surface area contributed by atoms with Crippen LogP contribution in [-0.2, 0) is 0 Å². The van der Waals surface area contributed by atoms with Crippen LogP contribution in [0.5, 0.6) is 0 Å². The van der Waals surface area contributed by atoms with Gasteiger partial charge < -0.3 is 5.11 Å². The second-order valence-corrected chi connectivity index (χ2v) is 4.64. The number of aliphatic hydroxyl groups is 1. The highest BCUT2D eigenvalue weighted by molar-refractivity contribution is 7.99. The molecule has 60 valence electrons. The average molecular weight is 160 g/mol. The Morgan fingerprint density at radius 2 is 2.30 bits per heavy atom. The first-order chi connectivity index (χ1) is 4.83. The molecule has 1 nitrogen and oxygen atoms in total. The zero-order chi connectivity index (χ0) is 7.40. The lowest BCUT2D eigenvalue weighted by Crippen LogP contribution is -2.02. The molecule has 0 aromatic carbocycles. The maximum Gasteiger partial charge on any atom is 0.0547 e. The zero-order valence-corrected chi connectivity index (χ0v) is 7.36. The van der Waals surface area contributed by atoms with Gasteiger partial charge in [0.2, 0.25) is 0 Å². The lowest BCUT2D eigenvalue weighted by molar-refractivity contribution is 0.300. The first kappa shape index (κ1) is 8.41. The van der Waals surface area contributed by atoms with E-state index in [2.05, 4.69) is 6.92 Å². The van der Waals surface area contributed by atoms with Gasteiger partial charge in [0.15, 0.2) is 0 Å². The van der Waals surface area contributed by atoms with Crippen molar-refractivity contribution in [3.63, 3.8) is 0 Å². The van der Waals surface area contributed by atoms with Crippen molar-refractivity contribution < 1.29 is 5.11 Å². The lowest BCUT2D eigenvalue weighted by Gasteiger charge is -2.05. The number of hydrogen-bond donors (Lipinski definition) is 1. The monoisotopic (exact) mass is 160 g/mol. The normalized spacial score (nSPS) is 21.0. The van der Waals surface area contributed by atoms with Crippen LogP contribution in [0.25, 0.3) is 0 Å². The third kappa shape index (κ3) is 3.47. The van der Waals surface area contributed by atoms with Gasteiger partial charge in [0.05, 0.1) is 6.61 Å². The molecule has 1 atom stereocenters. The van der Waals surface area contributed by atoms with Crippen LogP contribution in [0.15, 0.2) is 0 Å². The van der Waals surface area contributed by atoms with Gasteiger partial charge in [-0.15, -0.1) is 0 Å². The van der Waals surface area contributed by atoms with Crippen LogP contribution < -0.4 is 0 Å². The van der Waals surface area contributed by atoms with Crippen molar-refractivity contribution in [2.24, 2.45) is 5.92 Å². The van der Waals surface area contributed by atoms with E-state index in [0.29, 0.717) is 11.9 Å². The van der Waals surface area contributed by atoms with Crippen molar-refractivity contribution in [2.75, 3.05) is 12.4 Å². The van der Waals surface area contributed by atoms with E-state index in [1.54, 1.807) is 0 Å². The van der Waals surface area contributed by atoms with Crippen LogP contribution >= 0.6 is 11.8 Å². The van der Waals surface area contributed by atoms with Gasteiger partial charge in [-0.2, -0.15) is 11.8 Å². The van der Waals surface area contributed by atoms with Crippen molar-refractivity contribution in [2.45, 2.75) is 31.4 Å². The van der Waals surface area contributed by atoms with Crippen LogP contribution in [-0.4, -0.2) is 22.7 Å². The Balaban J connectivity index is 1.83. The van der Waals surface area contributed by atoms with Crippen LogP contribution in [0.2, 0.25) is 0 Å². The minimum atomic E-state index is 0.329. The van der Waals surface area contributed by atoms with Gasteiger partial charge >= 0.3 is 0 Å². The highest BCUT2D eigenvalue weighted by Crippen LogP contribution is 2.33. The standard InChI is InChI=1S/C8H16OS/c1-7(6-9)10-5-4-8-2-3-8/h7-9H,2-6H2,1H3. The summed E-state index contributed by atoms with van der Waals surface area (Å²) in [7, 11) is 0. The first-order valence-corrected chi connectivity index (χ1v) is 5.10. The molecule has 1 unspecified atom stereocenters. The predicted octanol–water partition coefficient (Wildman–Crippen LogP) is 1.90.